The van der Waals surface area contributed by atoms with Crippen molar-refractivity contribution >= 4 is 38.8 Å². The molecule has 106 valence electrons. The second-order valence-corrected chi connectivity index (χ2v) is 5.68. The highest BCUT2D eigenvalue weighted by Crippen LogP contribution is 2.24. The minimum absolute atomic E-state index is 0.413. The molecule has 3 N–H and O–H groups in total. The van der Waals surface area contributed by atoms with Crippen LogP contribution in [-0.2, 0) is 0 Å². The van der Waals surface area contributed by atoms with E-state index in [0.29, 0.717) is 4.99 Å². The smallest absolute Gasteiger partial charge is 0.107 e. The minimum atomic E-state index is 0.413. The maximum atomic E-state index is 5.77. The molecule has 0 bridgehead atoms. The third-order valence-corrected chi connectivity index (χ3v) is 3.86. The number of nitrogens with two attached hydrogens (primary N) is 1. The molecular weight excluding hydrogens is 322 g/mol. The van der Waals surface area contributed by atoms with E-state index in [4.69, 9.17) is 18.0 Å². The van der Waals surface area contributed by atoms with Gasteiger partial charge in [0.05, 0.1) is 0 Å². The summed E-state index contributed by atoms with van der Waals surface area (Å²) in [6.07, 6.45) is 1.18. The Kier molecular flexibility index (Phi) is 7.34. The number of hydrogen-bond donors (Lipinski definition) is 2. The van der Waals surface area contributed by atoms with Crippen LogP contribution >= 0.6 is 28.1 Å². The van der Waals surface area contributed by atoms with E-state index >= 15 is 0 Å². The molecule has 0 aliphatic heterocycles. The SMILES string of the molecule is CCCN(CC)CCNc1cccc(Br)c1C(N)=S. The molecule has 19 heavy (non-hydrogen) atoms. The lowest BCUT2D eigenvalue weighted by Gasteiger charge is -2.20. The number of nitrogens with one attached hydrogen (secondary N) is 1. The zero-order valence-corrected chi connectivity index (χ0v) is 14.0. The average Bonchev–Trinajstić information content (AvgIpc) is 2.37. The molecule has 0 saturated carbocycles. The maximum absolute atomic E-state index is 5.77. The van der Waals surface area contributed by atoms with E-state index in [1.165, 1.54) is 6.42 Å². The second-order valence-electron chi connectivity index (χ2n) is 4.39. The van der Waals surface area contributed by atoms with Gasteiger partial charge in [-0.05, 0) is 47.6 Å². The Morgan fingerprint density at radius 2 is 2.11 bits per heavy atom. The van der Waals surface area contributed by atoms with E-state index in [2.05, 4.69) is 40.0 Å². The monoisotopic (exact) mass is 343 g/mol. The highest BCUT2D eigenvalue weighted by molar-refractivity contribution is 9.10. The fourth-order valence-corrected chi connectivity index (χ4v) is 2.95. The molecule has 0 heterocycles. The van der Waals surface area contributed by atoms with E-state index < -0.39 is 0 Å². The van der Waals surface area contributed by atoms with Gasteiger partial charge < -0.3 is 16.0 Å². The van der Waals surface area contributed by atoms with Crippen molar-refractivity contribution < 1.29 is 0 Å². The molecule has 0 aromatic heterocycles. The van der Waals surface area contributed by atoms with Gasteiger partial charge >= 0.3 is 0 Å². The van der Waals surface area contributed by atoms with Crippen molar-refractivity contribution in [1.29, 1.82) is 0 Å². The minimum Gasteiger partial charge on any atom is -0.389 e. The second kappa shape index (κ2) is 8.51. The number of anilines is 1. The van der Waals surface area contributed by atoms with Crippen LogP contribution in [0.1, 0.15) is 25.8 Å². The van der Waals surface area contributed by atoms with Gasteiger partial charge in [-0.25, -0.2) is 0 Å². The number of hydrogen-bond acceptors (Lipinski definition) is 3. The summed E-state index contributed by atoms with van der Waals surface area (Å²) in [5.74, 6) is 0. The summed E-state index contributed by atoms with van der Waals surface area (Å²) in [5, 5.41) is 3.42. The Morgan fingerprint density at radius 3 is 2.68 bits per heavy atom. The summed E-state index contributed by atoms with van der Waals surface area (Å²) in [6, 6.07) is 5.95. The van der Waals surface area contributed by atoms with Gasteiger partial charge in [0.25, 0.3) is 0 Å². The van der Waals surface area contributed by atoms with Gasteiger partial charge in [-0.2, -0.15) is 0 Å². The van der Waals surface area contributed by atoms with Crippen molar-refractivity contribution in [1.82, 2.24) is 4.90 Å². The topological polar surface area (TPSA) is 41.3 Å². The molecule has 1 aromatic carbocycles. The first kappa shape index (κ1) is 16.4. The number of likely N-dealkylation sites (N-methyl/N-ethyl adjacent to an activating group) is 1. The molecule has 0 aliphatic carbocycles. The van der Waals surface area contributed by atoms with E-state index in [9.17, 15) is 0 Å². The van der Waals surface area contributed by atoms with Crippen LogP contribution < -0.4 is 11.1 Å². The first-order valence-electron chi connectivity index (χ1n) is 6.64. The summed E-state index contributed by atoms with van der Waals surface area (Å²) in [5.41, 5.74) is 7.65. The predicted octanol–water partition coefficient (Wildman–Crippen LogP) is 3.23. The molecule has 5 heteroatoms. The Labute approximate surface area is 129 Å². The Bertz CT molecular complexity index is 423. The van der Waals surface area contributed by atoms with Crippen molar-refractivity contribution in [2.75, 3.05) is 31.5 Å². The third-order valence-electron chi connectivity index (χ3n) is 2.99. The molecule has 1 aromatic rings. The first-order chi connectivity index (χ1) is 9.10. The lowest BCUT2D eigenvalue weighted by molar-refractivity contribution is 0.300. The average molecular weight is 344 g/mol. The van der Waals surface area contributed by atoms with Crippen molar-refractivity contribution in [3.63, 3.8) is 0 Å². The van der Waals surface area contributed by atoms with E-state index in [1.54, 1.807) is 0 Å². The lowest BCUT2D eigenvalue weighted by atomic mass is 10.2. The number of halogens is 1. The summed E-state index contributed by atoms with van der Waals surface area (Å²) in [6.45, 7) is 8.52. The van der Waals surface area contributed by atoms with Crippen molar-refractivity contribution in [3.05, 3.63) is 28.2 Å². The summed E-state index contributed by atoms with van der Waals surface area (Å²) >= 11 is 8.59. The number of thiocarbonyl (C=S) groups is 1. The normalized spacial score (nSPS) is 10.7. The molecule has 0 spiro atoms. The van der Waals surface area contributed by atoms with Crippen molar-refractivity contribution in [2.24, 2.45) is 5.73 Å². The summed E-state index contributed by atoms with van der Waals surface area (Å²) < 4.78 is 0.936. The maximum Gasteiger partial charge on any atom is 0.107 e. The van der Waals surface area contributed by atoms with Crippen LogP contribution in [0, 0.1) is 0 Å². The molecule has 0 aliphatic rings. The van der Waals surface area contributed by atoms with Gasteiger partial charge in [-0.3, -0.25) is 0 Å². The van der Waals surface area contributed by atoms with Crippen molar-refractivity contribution in [2.45, 2.75) is 20.3 Å². The zero-order chi connectivity index (χ0) is 14.3. The van der Waals surface area contributed by atoms with Crippen LogP contribution in [0.15, 0.2) is 22.7 Å². The van der Waals surface area contributed by atoms with Gasteiger partial charge in [0.2, 0.25) is 0 Å². The fourth-order valence-electron chi connectivity index (χ4n) is 2.01. The molecule has 0 radical (unpaired) electrons. The first-order valence-corrected chi connectivity index (χ1v) is 7.84. The summed E-state index contributed by atoms with van der Waals surface area (Å²) in [4.78, 5) is 2.83. The fraction of sp³-hybridized carbons (Fsp3) is 0.500. The molecule has 0 fully saturated rings. The lowest BCUT2D eigenvalue weighted by Crippen LogP contribution is -2.30. The molecular formula is C14H22BrN3S. The predicted molar refractivity (Wildman–Crippen MR) is 90.9 cm³/mol. The molecule has 0 saturated heterocycles. The zero-order valence-electron chi connectivity index (χ0n) is 11.6. The van der Waals surface area contributed by atoms with Gasteiger partial charge in [-0.15, -0.1) is 0 Å². The van der Waals surface area contributed by atoms with Crippen molar-refractivity contribution in [3.8, 4) is 0 Å². The van der Waals surface area contributed by atoms with E-state index in [-0.39, 0.29) is 0 Å². The molecule has 3 nitrogen and oxygen atoms in total. The van der Waals surface area contributed by atoms with Gasteiger partial charge in [-0.1, -0.05) is 32.1 Å². The van der Waals surface area contributed by atoms with Crippen LogP contribution in [0.4, 0.5) is 5.69 Å². The number of rotatable bonds is 8. The summed E-state index contributed by atoms with van der Waals surface area (Å²) in [7, 11) is 0. The van der Waals surface area contributed by atoms with Gasteiger partial charge in [0.15, 0.2) is 0 Å². The molecule has 0 unspecified atom stereocenters. The quantitative estimate of drug-likeness (QED) is 0.711. The Hall–Kier alpha value is -0.650. The Balaban J connectivity index is 2.63. The molecule has 1 rings (SSSR count). The van der Waals surface area contributed by atoms with E-state index in [1.807, 2.05) is 18.2 Å². The number of nitrogens with zero attached hydrogens (tertiary/aromatic N) is 1. The Morgan fingerprint density at radius 1 is 1.37 bits per heavy atom. The highest BCUT2D eigenvalue weighted by atomic mass is 79.9. The van der Waals surface area contributed by atoms with E-state index in [0.717, 1.165) is 41.9 Å². The van der Waals surface area contributed by atoms with Gasteiger partial charge in [0, 0.05) is 28.8 Å². The van der Waals surface area contributed by atoms with Crippen LogP contribution in [0.2, 0.25) is 0 Å². The standard InChI is InChI=1S/C14H22BrN3S/c1-3-9-18(4-2)10-8-17-12-7-5-6-11(15)13(12)14(16)19/h5-7,17H,3-4,8-10H2,1-2H3,(H2,16,19). The van der Waals surface area contributed by atoms with Crippen LogP contribution in [0.3, 0.4) is 0 Å². The highest BCUT2D eigenvalue weighted by Gasteiger charge is 2.09. The van der Waals surface area contributed by atoms with Gasteiger partial charge in [0.1, 0.15) is 4.99 Å². The number of benzene rings is 1. The third kappa shape index (κ3) is 5.09. The molecule has 0 atom stereocenters. The van der Waals surface area contributed by atoms with Crippen LogP contribution in [-0.4, -0.2) is 36.1 Å². The van der Waals surface area contributed by atoms with Crippen LogP contribution in [0.25, 0.3) is 0 Å². The largest absolute Gasteiger partial charge is 0.389 e. The van der Waals surface area contributed by atoms with Crippen LogP contribution in [0.5, 0.6) is 0 Å². The molecule has 0 amide bonds.